The standard InChI is InChI=1S/C14H19NO4/c1-3-4-5-8-15-11-7-6-10(13(16)17)9(2)12(11)14(18)19/h6-7,15H,3-5,8H2,1-2H3,(H,16,17)(H,18,19). The van der Waals surface area contributed by atoms with E-state index in [0.717, 1.165) is 19.3 Å². The number of aromatic carboxylic acids is 2. The number of nitrogens with one attached hydrogen (secondary N) is 1. The second kappa shape index (κ2) is 6.78. The van der Waals surface area contributed by atoms with Crippen molar-refractivity contribution in [3.8, 4) is 0 Å². The zero-order chi connectivity index (χ0) is 14.4. The SMILES string of the molecule is CCCCCNc1ccc(C(=O)O)c(C)c1C(=O)O. The first-order valence-electron chi connectivity index (χ1n) is 6.33. The van der Waals surface area contributed by atoms with Crippen LogP contribution in [-0.4, -0.2) is 28.7 Å². The topological polar surface area (TPSA) is 86.6 Å². The number of hydrogen-bond acceptors (Lipinski definition) is 3. The molecule has 3 N–H and O–H groups in total. The van der Waals surface area contributed by atoms with E-state index in [2.05, 4.69) is 12.2 Å². The number of carbonyl (C=O) groups is 2. The summed E-state index contributed by atoms with van der Waals surface area (Å²) >= 11 is 0. The van der Waals surface area contributed by atoms with Gasteiger partial charge >= 0.3 is 11.9 Å². The Morgan fingerprint density at radius 2 is 1.84 bits per heavy atom. The fourth-order valence-electron chi connectivity index (χ4n) is 1.96. The van der Waals surface area contributed by atoms with E-state index in [1.807, 2.05) is 0 Å². The van der Waals surface area contributed by atoms with Crippen LogP contribution in [0.5, 0.6) is 0 Å². The van der Waals surface area contributed by atoms with Gasteiger partial charge in [0.05, 0.1) is 11.1 Å². The lowest BCUT2D eigenvalue weighted by atomic mass is 10.00. The van der Waals surface area contributed by atoms with Crippen LogP contribution >= 0.6 is 0 Å². The van der Waals surface area contributed by atoms with E-state index in [-0.39, 0.29) is 16.7 Å². The van der Waals surface area contributed by atoms with Crippen molar-refractivity contribution >= 4 is 17.6 Å². The summed E-state index contributed by atoms with van der Waals surface area (Å²) in [4.78, 5) is 22.3. The van der Waals surface area contributed by atoms with Gasteiger partial charge in [-0.3, -0.25) is 0 Å². The summed E-state index contributed by atoms with van der Waals surface area (Å²) in [6.45, 7) is 4.29. The van der Waals surface area contributed by atoms with Crippen molar-refractivity contribution in [2.45, 2.75) is 33.1 Å². The van der Waals surface area contributed by atoms with Gasteiger partial charge in [-0.25, -0.2) is 9.59 Å². The molecule has 0 heterocycles. The number of hydrogen-bond donors (Lipinski definition) is 3. The molecule has 5 heteroatoms. The predicted molar refractivity (Wildman–Crippen MR) is 73.1 cm³/mol. The number of unbranched alkanes of at least 4 members (excludes halogenated alkanes) is 2. The molecule has 0 unspecified atom stereocenters. The van der Waals surface area contributed by atoms with Crippen molar-refractivity contribution in [3.05, 3.63) is 28.8 Å². The minimum absolute atomic E-state index is 0.0245. The molecule has 0 bridgehead atoms. The second-order valence-electron chi connectivity index (χ2n) is 4.40. The molecule has 0 amide bonds. The van der Waals surface area contributed by atoms with Crippen molar-refractivity contribution in [2.24, 2.45) is 0 Å². The Hall–Kier alpha value is -2.04. The highest BCUT2D eigenvalue weighted by Gasteiger charge is 2.19. The first-order valence-corrected chi connectivity index (χ1v) is 6.33. The van der Waals surface area contributed by atoms with Crippen molar-refractivity contribution in [3.63, 3.8) is 0 Å². The summed E-state index contributed by atoms with van der Waals surface area (Å²) in [5, 5.41) is 21.3. The van der Waals surface area contributed by atoms with E-state index in [4.69, 9.17) is 5.11 Å². The van der Waals surface area contributed by atoms with Gasteiger partial charge in [0, 0.05) is 12.2 Å². The average Bonchev–Trinajstić information content (AvgIpc) is 2.33. The lowest BCUT2D eigenvalue weighted by Crippen LogP contribution is -2.12. The third kappa shape index (κ3) is 3.71. The molecule has 19 heavy (non-hydrogen) atoms. The molecule has 0 saturated carbocycles. The molecule has 1 rings (SSSR count). The van der Waals surface area contributed by atoms with Crippen molar-refractivity contribution < 1.29 is 19.8 Å². The lowest BCUT2D eigenvalue weighted by Gasteiger charge is -2.13. The van der Waals surface area contributed by atoms with Crippen LogP contribution < -0.4 is 5.32 Å². The van der Waals surface area contributed by atoms with Gasteiger partial charge in [-0.15, -0.1) is 0 Å². The van der Waals surface area contributed by atoms with E-state index in [0.29, 0.717) is 12.2 Å². The molecule has 0 aliphatic carbocycles. The number of carboxylic acids is 2. The third-order valence-corrected chi connectivity index (χ3v) is 3.01. The first kappa shape index (κ1) is 15.0. The maximum Gasteiger partial charge on any atom is 0.338 e. The molecule has 0 aliphatic heterocycles. The van der Waals surface area contributed by atoms with Gasteiger partial charge < -0.3 is 15.5 Å². The van der Waals surface area contributed by atoms with Gasteiger partial charge in [-0.2, -0.15) is 0 Å². The van der Waals surface area contributed by atoms with E-state index in [1.165, 1.54) is 19.1 Å². The van der Waals surface area contributed by atoms with Gasteiger partial charge in [-0.05, 0) is 31.0 Å². The number of anilines is 1. The van der Waals surface area contributed by atoms with Crippen LogP contribution in [0.3, 0.4) is 0 Å². The Kier molecular flexibility index (Phi) is 5.36. The highest BCUT2D eigenvalue weighted by Crippen LogP contribution is 2.23. The van der Waals surface area contributed by atoms with E-state index in [1.54, 1.807) is 0 Å². The van der Waals surface area contributed by atoms with Gasteiger partial charge in [0.15, 0.2) is 0 Å². The molecular formula is C14H19NO4. The number of benzene rings is 1. The molecule has 1 aromatic carbocycles. The quantitative estimate of drug-likeness (QED) is 0.660. The molecule has 104 valence electrons. The van der Waals surface area contributed by atoms with Crippen molar-refractivity contribution in [1.29, 1.82) is 0 Å². The Bertz CT molecular complexity index is 483. The average molecular weight is 265 g/mol. The molecule has 0 saturated heterocycles. The number of rotatable bonds is 7. The smallest absolute Gasteiger partial charge is 0.338 e. The second-order valence-corrected chi connectivity index (χ2v) is 4.40. The zero-order valence-corrected chi connectivity index (χ0v) is 11.2. The van der Waals surface area contributed by atoms with E-state index >= 15 is 0 Å². The maximum atomic E-state index is 11.3. The van der Waals surface area contributed by atoms with Crippen LogP contribution in [0.1, 0.15) is 52.5 Å². The van der Waals surface area contributed by atoms with Crippen molar-refractivity contribution in [1.82, 2.24) is 0 Å². The van der Waals surface area contributed by atoms with Crippen LogP contribution in [-0.2, 0) is 0 Å². The van der Waals surface area contributed by atoms with Crippen LogP contribution in [0.2, 0.25) is 0 Å². The van der Waals surface area contributed by atoms with Crippen LogP contribution in [0.25, 0.3) is 0 Å². The number of carboxylic acid groups (broad SMARTS) is 2. The largest absolute Gasteiger partial charge is 0.478 e. The summed E-state index contributed by atoms with van der Waals surface area (Å²) in [6, 6.07) is 2.96. The summed E-state index contributed by atoms with van der Waals surface area (Å²) in [5.74, 6) is -2.23. The highest BCUT2D eigenvalue weighted by molar-refractivity contribution is 6.00. The minimum Gasteiger partial charge on any atom is -0.478 e. The molecule has 5 nitrogen and oxygen atoms in total. The predicted octanol–water partition coefficient (Wildman–Crippen LogP) is 2.99. The Balaban J connectivity index is 3.01. The van der Waals surface area contributed by atoms with E-state index in [9.17, 15) is 14.7 Å². The fourth-order valence-corrected chi connectivity index (χ4v) is 1.96. The summed E-state index contributed by atoms with van der Waals surface area (Å²) in [6.07, 6.45) is 3.11. The molecule has 0 radical (unpaired) electrons. The lowest BCUT2D eigenvalue weighted by molar-refractivity contribution is 0.0696. The first-order chi connectivity index (χ1) is 8.99. The van der Waals surface area contributed by atoms with Gasteiger partial charge in [0.2, 0.25) is 0 Å². The molecule has 0 fully saturated rings. The maximum absolute atomic E-state index is 11.3. The van der Waals surface area contributed by atoms with Crippen LogP contribution in [0.4, 0.5) is 5.69 Å². The molecule has 0 atom stereocenters. The summed E-state index contributed by atoms with van der Waals surface area (Å²) in [7, 11) is 0. The summed E-state index contributed by atoms with van der Waals surface area (Å²) < 4.78 is 0. The van der Waals surface area contributed by atoms with Gasteiger partial charge in [0.25, 0.3) is 0 Å². The van der Waals surface area contributed by atoms with Gasteiger partial charge in [0.1, 0.15) is 0 Å². The molecular weight excluding hydrogens is 246 g/mol. The zero-order valence-electron chi connectivity index (χ0n) is 11.2. The van der Waals surface area contributed by atoms with Crippen LogP contribution in [0, 0.1) is 6.92 Å². The van der Waals surface area contributed by atoms with Crippen LogP contribution in [0.15, 0.2) is 12.1 Å². The fraction of sp³-hybridized carbons (Fsp3) is 0.429. The van der Waals surface area contributed by atoms with Crippen molar-refractivity contribution in [2.75, 3.05) is 11.9 Å². The monoisotopic (exact) mass is 265 g/mol. The Morgan fingerprint density at radius 3 is 2.37 bits per heavy atom. The molecule has 0 aliphatic rings. The summed E-state index contributed by atoms with van der Waals surface area (Å²) in [5.41, 5.74) is 0.819. The van der Waals surface area contributed by atoms with E-state index < -0.39 is 11.9 Å². The third-order valence-electron chi connectivity index (χ3n) is 3.01. The molecule has 1 aromatic rings. The Morgan fingerprint density at radius 1 is 1.16 bits per heavy atom. The molecule has 0 spiro atoms. The normalized spacial score (nSPS) is 10.2. The van der Waals surface area contributed by atoms with Gasteiger partial charge in [-0.1, -0.05) is 19.8 Å². The minimum atomic E-state index is -1.11. The molecule has 0 aromatic heterocycles. The highest BCUT2D eigenvalue weighted by atomic mass is 16.4. The Labute approximate surface area is 112 Å².